The van der Waals surface area contributed by atoms with E-state index in [0.717, 1.165) is 0 Å². The molecule has 0 radical (unpaired) electrons. The van der Waals surface area contributed by atoms with Crippen molar-refractivity contribution >= 4 is 5.91 Å². The third kappa shape index (κ3) is 3.04. The van der Waals surface area contributed by atoms with Crippen LogP contribution < -0.4 is 0 Å². The van der Waals surface area contributed by atoms with E-state index in [1.54, 1.807) is 31.3 Å². The topological polar surface area (TPSA) is 49.8 Å². The Kier molecular flexibility index (Phi) is 4.27. The van der Waals surface area contributed by atoms with E-state index in [1.807, 2.05) is 6.07 Å². The first kappa shape index (κ1) is 11.7. The number of hydrogen-bond donors (Lipinski definition) is 1. The van der Waals surface area contributed by atoms with Crippen LogP contribution in [0.4, 0.5) is 0 Å². The summed E-state index contributed by atoms with van der Waals surface area (Å²) in [5, 5.41) is 9.74. The number of rotatable bonds is 4. The molecule has 0 fully saturated rings. The van der Waals surface area contributed by atoms with Crippen LogP contribution in [-0.2, 0) is 9.53 Å². The number of carbonyl (C=O) groups excluding carboxylic acids is 1. The van der Waals surface area contributed by atoms with Crippen molar-refractivity contribution in [2.75, 3.05) is 20.9 Å². The zero-order valence-electron chi connectivity index (χ0n) is 8.88. The van der Waals surface area contributed by atoms with Gasteiger partial charge in [0, 0.05) is 14.2 Å². The normalized spacial score (nSPS) is 12.2. The molecule has 0 heterocycles. The minimum Gasteiger partial charge on any atom is -0.378 e. The van der Waals surface area contributed by atoms with E-state index in [-0.39, 0.29) is 12.6 Å². The minimum absolute atomic E-state index is 0.169. The number of hydrogen-bond acceptors (Lipinski definition) is 3. The van der Waals surface area contributed by atoms with Crippen LogP contribution in [0.25, 0.3) is 0 Å². The molecule has 4 heteroatoms. The summed E-state index contributed by atoms with van der Waals surface area (Å²) in [5.74, 6) is -0.372. The number of ether oxygens (including phenoxy) is 1. The van der Waals surface area contributed by atoms with Gasteiger partial charge in [0.15, 0.2) is 6.10 Å². The Hall–Kier alpha value is -1.39. The monoisotopic (exact) mass is 209 g/mol. The van der Waals surface area contributed by atoms with Crippen molar-refractivity contribution in [1.82, 2.24) is 4.90 Å². The second-order valence-electron chi connectivity index (χ2n) is 3.27. The van der Waals surface area contributed by atoms with E-state index < -0.39 is 6.10 Å². The molecular formula is C11H15NO3. The van der Waals surface area contributed by atoms with Crippen molar-refractivity contribution in [2.24, 2.45) is 0 Å². The Bertz CT molecular complexity index is 313. The highest BCUT2D eigenvalue weighted by Crippen LogP contribution is 2.14. The average molecular weight is 209 g/mol. The number of carbonyl (C=O) groups is 1. The van der Waals surface area contributed by atoms with Crippen LogP contribution in [0, 0.1) is 0 Å². The third-order valence-electron chi connectivity index (χ3n) is 2.05. The van der Waals surface area contributed by atoms with Crippen LogP contribution in [0.1, 0.15) is 11.7 Å². The molecule has 0 saturated carbocycles. The predicted molar refractivity (Wildman–Crippen MR) is 56.0 cm³/mol. The van der Waals surface area contributed by atoms with E-state index in [1.165, 1.54) is 12.0 Å². The quantitative estimate of drug-likeness (QED) is 0.745. The van der Waals surface area contributed by atoms with Gasteiger partial charge in [-0.05, 0) is 5.56 Å². The fourth-order valence-electron chi connectivity index (χ4n) is 1.24. The first-order chi connectivity index (χ1) is 7.16. The fourth-order valence-corrected chi connectivity index (χ4v) is 1.24. The number of benzene rings is 1. The van der Waals surface area contributed by atoms with Crippen molar-refractivity contribution in [2.45, 2.75) is 6.10 Å². The molecule has 0 bridgehead atoms. The number of likely N-dealkylation sites (N-methyl/N-ethyl adjacent to an activating group) is 1. The molecule has 1 aromatic rings. The first-order valence-electron chi connectivity index (χ1n) is 4.63. The van der Waals surface area contributed by atoms with Crippen LogP contribution in [0.2, 0.25) is 0 Å². The SMILES string of the molecule is COCN(C)C(=O)C(O)c1ccccc1. The summed E-state index contributed by atoms with van der Waals surface area (Å²) in [6, 6.07) is 8.82. The lowest BCUT2D eigenvalue weighted by Gasteiger charge is -2.19. The highest BCUT2D eigenvalue weighted by molar-refractivity contribution is 5.81. The lowest BCUT2D eigenvalue weighted by molar-refractivity contribution is -0.143. The first-order valence-corrected chi connectivity index (χ1v) is 4.63. The third-order valence-corrected chi connectivity index (χ3v) is 2.05. The van der Waals surface area contributed by atoms with E-state index in [0.29, 0.717) is 5.56 Å². The Morgan fingerprint density at radius 3 is 2.60 bits per heavy atom. The highest BCUT2D eigenvalue weighted by Gasteiger charge is 2.20. The highest BCUT2D eigenvalue weighted by atomic mass is 16.5. The lowest BCUT2D eigenvalue weighted by atomic mass is 10.1. The van der Waals surface area contributed by atoms with Gasteiger partial charge in [-0.15, -0.1) is 0 Å². The average Bonchev–Trinajstić information content (AvgIpc) is 2.28. The van der Waals surface area contributed by atoms with Gasteiger partial charge in [-0.3, -0.25) is 4.79 Å². The second-order valence-corrected chi connectivity index (χ2v) is 3.27. The summed E-state index contributed by atoms with van der Waals surface area (Å²) in [7, 11) is 3.08. The van der Waals surface area contributed by atoms with Gasteiger partial charge in [0.1, 0.15) is 6.73 Å². The number of aliphatic hydroxyl groups is 1. The molecule has 1 rings (SSSR count). The molecule has 4 nitrogen and oxygen atoms in total. The Balaban J connectivity index is 2.69. The fraction of sp³-hybridized carbons (Fsp3) is 0.364. The van der Waals surface area contributed by atoms with Crippen LogP contribution in [0.5, 0.6) is 0 Å². The number of amides is 1. The molecule has 1 atom stereocenters. The van der Waals surface area contributed by atoms with Gasteiger partial charge in [0.05, 0.1) is 0 Å². The van der Waals surface area contributed by atoms with E-state index >= 15 is 0 Å². The van der Waals surface area contributed by atoms with E-state index in [2.05, 4.69) is 0 Å². The van der Waals surface area contributed by atoms with Crippen molar-refractivity contribution < 1.29 is 14.6 Å². The maximum Gasteiger partial charge on any atom is 0.257 e. The number of nitrogens with zero attached hydrogens (tertiary/aromatic N) is 1. The molecule has 0 aliphatic heterocycles. The maximum absolute atomic E-state index is 11.6. The lowest BCUT2D eigenvalue weighted by Crippen LogP contribution is -2.33. The van der Waals surface area contributed by atoms with E-state index in [9.17, 15) is 9.90 Å². The molecule has 1 unspecified atom stereocenters. The van der Waals surface area contributed by atoms with Gasteiger partial charge in [0.2, 0.25) is 0 Å². The molecule has 1 aromatic carbocycles. The standard InChI is InChI=1S/C11H15NO3/c1-12(8-15-2)11(14)10(13)9-6-4-3-5-7-9/h3-7,10,13H,8H2,1-2H3. The van der Waals surface area contributed by atoms with Gasteiger partial charge in [0.25, 0.3) is 5.91 Å². The molecule has 0 aliphatic rings. The summed E-state index contributed by atoms with van der Waals surface area (Å²) in [6.45, 7) is 0.169. The smallest absolute Gasteiger partial charge is 0.257 e. The Morgan fingerprint density at radius 1 is 1.47 bits per heavy atom. The molecule has 15 heavy (non-hydrogen) atoms. The van der Waals surface area contributed by atoms with Crippen molar-refractivity contribution in [3.63, 3.8) is 0 Å². The molecule has 0 saturated heterocycles. The zero-order valence-corrected chi connectivity index (χ0v) is 8.88. The van der Waals surface area contributed by atoms with Gasteiger partial charge >= 0.3 is 0 Å². The van der Waals surface area contributed by atoms with Crippen LogP contribution in [0.15, 0.2) is 30.3 Å². The Morgan fingerprint density at radius 2 is 2.07 bits per heavy atom. The zero-order chi connectivity index (χ0) is 11.3. The summed E-state index contributed by atoms with van der Waals surface area (Å²) in [4.78, 5) is 13.0. The molecule has 0 aromatic heterocycles. The summed E-state index contributed by atoms with van der Waals surface area (Å²) >= 11 is 0. The molecule has 1 N–H and O–H groups in total. The summed E-state index contributed by atoms with van der Waals surface area (Å²) in [5.41, 5.74) is 0.588. The molecule has 82 valence electrons. The summed E-state index contributed by atoms with van der Waals surface area (Å²) < 4.78 is 4.80. The van der Waals surface area contributed by atoms with Crippen molar-refractivity contribution in [3.05, 3.63) is 35.9 Å². The second kappa shape index (κ2) is 5.48. The van der Waals surface area contributed by atoms with Crippen molar-refractivity contribution in [3.8, 4) is 0 Å². The summed E-state index contributed by atoms with van der Waals surface area (Å²) in [6.07, 6.45) is -1.12. The number of methoxy groups -OCH3 is 1. The predicted octanol–water partition coefficient (Wildman–Crippen LogP) is 0.782. The van der Waals surface area contributed by atoms with Crippen LogP contribution in [-0.4, -0.2) is 36.8 Å². The van der Waals surface area contributed by atoms with Gasteiger partial charge in [-0.2, -0.15) is 0 Å². The minimum atomic E-state index is -1.12. The maximum atomic E-state index is 11.6. The molecule has 0 spiro atoms. The molecule has 1 amide bonds. The van der Waals surface area contributed by atoms with E-state index in [4.69, 9.17) is 4.74 Å². The van der Waals surface area contributed by atoms with Gasteiger partial charge in [-0.1, -0.05) is 30.3 Å². The van der Waals surface area contributed by atoms with Crippen LogP contribution >= 0.6 is 0 Å². The molecular weight excluding hydrogens is 194 g/mol. The van der Waals surface area contributed by atoms with Gasteiger partial charge in [-0.25, -0.2) is 0 Å². The van der Waals surface area contributed by atoms with Crippen LogP contribution in [0.3, 0.4) is 0 Å². The van der Waals surface area contributed by atoms with Gasteiger partial charge < -0.3 is 14.7 Å². The largest absolute Gasteiger partial charge is 0.378 e. The molecule has 0 aliphatic carbocycles. The number of aliphatic hydroxyl groups excluding tert-OH is 1. The Labute approximate surface area is 89.1 Å². The van der Waals surface area contributed by atoms with Crippen molar-refractivity contribution in [1.29, 1.82) is 0 Å².